The largest absolute Gasteiger partial charge is 0.497 e. The second-order valence-corrected chi connectivity index (χ2v) is 5.58. The van der Waals surface area contributed by atoms with Crippen molar-refractivity contribution in [2.24, 2.45) is 0 Å². The Morgan fingerprint density at radius 1 is 1.12 bits per heavy atom. The van der Waals surface area contributed by atoms with Crippen LogP contribution in [-0.2, 0) is 11.2 Å². The minimum Gasteiger partial charge on any atom is -0.497 e. The molecule has 0 aliphatic carbocycles. The Bertz CT molecular complexity index is 723. The van der Waals surface area contributed by atoms with Gasteiger partial charge in [0.25, 0.3) is 0 Å². The van der Waals surface area contributed by atoms with Crippen molar-refractivity contribution in [3.05, 3.63) is 59.2 Å². The summed E-state index contributed by atoms with van der Waals surface area (Å²) in [6.45, 7) is 1.73. The Morgan fingerprint density at radius 2 is 1.83 bits per heavy atom. The van der Waals surface area contributed by atoms with Gasteiger partial charge in [0.1, 0.15) is 5.75 Å². The second kappa shape index (κ2) is 8.15. The molecule has 0 aliphatic heterocycles. The molecule has 0 bridgehead atoms. The quantitative estimate of drug-likeness (QED) is 0.813. The molecule has 2 aromatic rings. The SMILES string of the molecule is COc1ccc(CCCC(=O)Nc2ccc(C)c(C(=O)O)c2)cc1. The maximum absolute atomic E-state index is 12.0. The fourth-order valence-electron chi connectivity index (χ4n) is 2.40. The number of anilines is 1. The van der Waals surface area contributed by atoms with Crippen molar-refractivity contribution in [1.82, 2.24) is 0 Å². The van der Waals surface area contributed by atoms with Crippen molar-refractivity contribution in [3.8, 4) is 5.75 Å². The normalized spacial score (nSPS) is 10.2. The lowest BCUT2D eigenvalue weighted by Crippen LogP contribution is -2.12. The molecule has 24 heavy (non-hydrogen) atoms. The fraction of sp³-hybridized carbons (Fsp3) is 0.263. The topological polar surface area (TPSA) is 75.6 Å². The first-order valence-electron chi connectivity index (χ1n) is 7.76. The Hall–Kier alpha value is -2.82. The number of carboxylic acids is 1. The zero-order valence-electron chi connectivity index (χ0n) is 13.8. The highest BCUT2D eigenvalue weighted by Crippen LogP contribution is 2.17. The van der Waals surface area contributed by atoms with Crippen molar-refractivity contribution >= 4 is 17.6 Å². The fourth-order valence-corrected chi connectivity index (χ4v) is 2.40. The molecule has 0 aromatic heterocycles. The van der Waals surface area contributed by atoms with Gasteiger partial charge in [0.05, 0.1) is 12.7 Å². The third kappa shape index (κ3) is 4.84. The third-order valence-corrected chi connectivity index (χ3v) is 3.78. The summed E-state index contributed by atoms with van der Waals surface area (Å²) >= 11 is 0. The number of carboxylic acid groups (broad SMARTS) is 1. The average Bonchev–Trinajstić information content (AvgIpc) is 2.57. The summed E-state index contributed by atoms with van der Waals surface area (Å²) in [5.41, 5.74) is 2.52. The predicted molar refractivity (Wildman–Crippen MR) is 92.7 cm³/mol. The number of ether oxygens (including phenoxy) is 1. The van der Waals surface area contributed by atoms with Crippen LogP contribution in [0.25, 0.3) is 0 Å². The lowest BCUT2D eigenvalue weighted by molar-refractivity contribution is -0.116. The van der Waals surface area contributed by atoms with Gasteiger partial charge in [-0.15, -0.1) is 0 Å². The lowest BCUT2D eigenvalue weighted by atomic mass is 10.1. The number of aromatic carboxylic acids is 1. The smallest absolute Gasteiger partial charge is 0.336 e. The zero-order valence-corrected chi connectivity index (χ0v) is 13.8. The number of hydrogen-bond donors (Lipinski definition) is 2. The van der Waals surface area contributed by atoms with Crippen LogP contribution in [0.5, 0.6) is 5.75 Å². The van der Waals surface area contributed by atoms with Crippen LogP contribution in [0, 0.1) is 6.92 Å². The summed E-state index contributed by atoms with van der Waals surface area (Å²) in [7, 11) is 1.63. The molecule has 0 fully saturated rings. The van der Waals surface area contributed by atoms with Gasteiger partial charge in [-0.1, -0.05) is 18.2 Å². The minimum absolute atomic E-state index is 0.122. The molecule has 0 aliphatic rings. The molecule has 5 heteroatoms. The molecule has 0 unspecified atom stereocenters. The number of carbonyl (C=O) groups excluding carboxylic acids is 1. The number of hydrogen-bond acceptors (Lipinski definition) is 3. The van der Waals surface area contributed by atoms with E-state index in [0.717, 1.165) is 24.2 Å². The Kier molecular flexibility index (Phi) is 5.95. The number of nitrogens with one attached hydrogen (secondary N) is 1. The van der Waals surface area contributed by atoms with Crippen molar-refractivity contribution in [2.75, 3.05) is 12.4 Å². The minimum atomic E-state index is -0.997. The summed E-state index contributed by atoms with van der Waals surface area (Å²) in [6.07, 6.45) is 1.89. The van der Waals surface area contributed by atoms with Crippen LogP contribution < -0.4 is 10.1 Å². The predicted octanol–water partition coefficient (Wildman–Crippen LogP) is 3.66. The summed E-state index contributed by atoms with van der Waals surface area (Å²) in [4.78, 5) is 23.1. The van der Waals surface area contributed by atoms with Crippen LogP contribution in [0.4, 0.5) is 5.69 Å². The van der Waals surface area contributed by atoms with Crippen LogP contribution in [-0.4, -0.2) is 24.1 Å². The third-order valence-electron chi connectivity index (χ3n) is 3.78. The first-order valence-corrected chi connectivity index (χ1v) is 7.76. The number of methoxy groups -OCH3 is 1. The van der Waals surface area contributed by atoms with Gasteiger partial charge in [0, 0.05) is 12.1 Å². The van der Waals surface area contributed by atoms with E-state index >= 15 is 0 Å². The molecule has 0 saturated carbocycles. The average molecular weight is 327 g/mol. The van der Waals surface area contributed by atoms with Crippen LogP contribution >= 0.6 is 0 Å². The lowest BCUT2D eigenvalue weighted by Gasteiger charge is -2.08. The van der Waals surface area contributed by atoms with Crippen molar-refractivity contribution < 1.29 is 19.4 Å². The number of carbonyl (C=O) groups is 2. The van der Waals surface area contributed by atoms with Gasteiger partial charge in [0.15, 0.2) is 0 Å². The number of rotatable bonds is 7. The molecule has 0 heterocycles. The van der Waals surface area contributed by atoms with Crippen LogP contribution in [0.1, 0.15) is 34.3 Å². The van der Waals surface area contributed by atoms with E-state index in [2.05, 4.69) is 5.32 Å². The molecule has 126 valence electrons. The van der Waals surface area contributed by atoms with Crippen LogP contribution in [0.15, 0.2) is 42.5 Å². The van der Waals surface area contributed by atoms with Gasteiger partial charge >= 0.3 is 5.97 Å². The number of amides is 1. The van der Waals surface area contributed by atoms with Gasteiger partial charge in [-0.05, 0) is 55.2 Å². The second-order valence-electron chi connectivity index (χ2n) is 5.58. The van der Waals surface area contributed by atoms with E-state index in [1.807, 2.05) is 24.3 Å². The van der Waals surface area contributed by atoms with Crippen molar-refractivity contribution in [3.63, 3.8) is 0 Å². The first kappa shape index (κ1) is 17.5. The van der Waals surface area contributed by atoms with E-state index in [0.29, 0.717) is 17.7 Å². The van der Waals surface area contributed by atoms with Gasteiger partial charge in [-0.25, -0.2) is 4.79 Å². The molecular weight excluding hydrogens is 306 g/mol. The highest BCUT2D eigenvalue weighted by Gasteiger charge is 2.09. The molecule has 0 atom stereocenters. The Morgan fingerprint density at radius 3 is 2.46 bits per heavy atom. The zero-order chi connectivity index (χ0) is 17.5. The summed E-state index contributed by atoms with van der Waals surface area (Å²) in [5, 5.41) is 11.9. The van der Waals surface area contributed by atoms with E-state index in [9.17, 15) is 9.59 Å². The molecule has 1 amide bonds. The Balaban J connectivity index is 1.84. The van der Waals surface area contributed by atoms with Crippen molar-refractivity contribution in [2.45, 2.75) is 26.2 Å². The molecule has 2 rings (SSSR count). The molecule has 0 spiro atoms. The molecule has 0 saturated heterocycles. The van der Waals surface area contributed by atoms with Crippen LogP contribution in [0.2, 0.25) is 0 Å². The maximum Gasteiger partial charge on any atom is 0.336 e. The monoisotopic (exact) mass is 327 g/mol. The van der Waals surface area contributed by atoms with Gasteiger partial charge in [0.2, 0.25) is 5.91 Å². The first-order chi connectivity index (χ1) is 11.5. The number of aryl methyl sites for hydroxylation is 2. The summed E-state index contributed by atoms with van der Waals surface area (Å²) < 4.78 is 5.11. The molecule has 5 nitrogen and oxygen atoms in total. The van der Waals surface area contributed by atoms with E-state index in [4.69, 9.17) is 9.84 Å². The summed E-state index contributed by atoms with van der Waals surface area (Å²) in [6, 6.07) is 12.6. The summed E-state index contributed by atoms with van der Waals surface area (Å²) in [5.74, 6) is -0.308. The highest BCUT2D eigenvalue weighted by molar-refractivity contribution is 5.94. The van der Waals surface area contributed by atoms with Gasteiger partial charge in [-0.2, -0.15) is 0 Å². The van der Waals surface area contributed by atoms with Gasteiger partial charge < -0.3 is 15.2 Å². The molecule has 0 radical (unpaired) electrons. The van der Waals surface area contributed by atoms with E-state index in [1.165, 1.54) is 6.07 Å². The maximum atomic E-state index is 12.0. The van der Waals surface area contributed by atoms with Gasteiger partial charge in [-0.3, -0.25) is 4.79 Å². The van der Waals surface area contributed by atoms with E-state index in [1.54, 1.807) is 26.2 Å². The van der Waals surface area contributed by atoms with Crippen LogP contribution in [0.3, 0.4) is 0 Å². The number of benzene rings is 2. The van der Waals surface area contributed by atoms with E-state index < -0.39 is 5.97 Å². The standard InChI is InChI=1S/C19H21NO4/c1-13-6-9-15(12-17(13)19(22)23)20-18(21)5-3-4-14-7-10-16(24-2)11-8-14/h6-12H,3-5H2,1-2H3,(H,20,21)(H,22,23). The van der Waals surface area contributed by atoms with E-state index in [-0.39, 0.29) is 11.5 Å². The molecule has 2 aromatic carbocycles. The highest BCUT2D eigenvalue weighted by atomic mass is 16.5. The Labute approximate surface area is 141 Å². The molecule has 2 N–H and O–H groups in total. The molecular formula is C19H21NO4. The van der Waals surface area contributed by atoms with Crippen molar-refractivity contribution in [1.29, 1.82) is 0 Å².